The van der Waals surface area contributed by atoms with E-state index >= 15 is 0 Å². The second kappa shape index (κ2) is 4.29. The van der Waals surface area contributed by atoms with E-state index in [-0.39, 0.29) is 5.92 Å². The molecular formula is C13H12F2N2O2. The molecule has 100 valence electrons. The molecule has 0 saturated heterocycles. The van der Waals surface area contributed by atoms with E-state index in [2.05, 4.69) is 9.97 Å². The SMILES string of the molecule is O=C(O)C1CCCC1c1nc2cc(F)c(F)cc2[nH]1. The largest absolute Gasteiger partial charge is 0.481 e. The molecular weight excluding hydrogens is 254 g/mol. The van der Waals surface area contributed by atoms with Crippen LogP contribution >= 0.6 is 0 Å². The number of aromatic amines is 1. The van der Waals surface area contributed by atoms with Crippen LogP contribution < -0.4 is 0 Å². The zero-order valence-corrected chi connectivity index (χ0v) is 9.99. The summed E-state index contributed by atoms with van der Waals surface area (Å²) in [4.78, 5) is 18.3. The summed E-state index contributed by atoms with van der Waals surface area (Å²) in [6.07, 6.45) is 2.16. The fourth-order valence-corrected chi connectivity index (χ4v) is 2.78. The minimum Gasteiger partial charge on any atom is -0.481 e. The minimum atomic E-state index is -0.952. The van der Waals surface area contributed by atoms with Crippen LogP contribution in [0.5, 0.6) is 0 Å². The number of benzene rings is 1. The van der Waals surface area contributed by atoms with Crippen molar-refractivity contribution in [3.05, 3.63) is 29.6 Å². The van der Waals surface area contributed by atoms with E-state index < -0.39 is 23.5 Å². The van der Waals surface area contributed by atoms with Gasteiger partial charge in [-0.2, -0.15) is 0 Å². The molecule has 1 saturated carbocycles. The topological polar surface area (TPSA) is 66.0 Å². The number of imidazole rings is 1. The average molecular weight is 266 g/mol. The fourth-order valence-electron chi connectivity index (χ4n) is 2.78. The van der Waals surface area contributed by atoms with Crippen molar-refractivity contribution in [2.45, 2.75) is 25.2 Å². The van der Waals surface area contributed by atoms with E-state index in [1.807, 2.05) is 0 Å². The van der Waals surface area contributed by atoms with E-state index in [0.717, 1.165) is 25.0 Å². The molecule has 2 atom stereocenters. The first kappa shape index (κ1) is 12.1. The van der Waals surface area contributed by atoms with Crippen molar-refractivity contribution in [2.75, 3.05) is 0 Å². The van der Waals surface area contributed by atoms with Gasteiger partial charge in [-0.1, -0.05) is 6.42 Å². The van der Waals surface area contributed by atoms with Gasteiger partial charge in [0.1, 0.15) is 5.82 Å². The third-order valence-electron chi connectivity index (χ3n) is 3.73. The molecule has 2 N–H and O–H groups in total. The molecule has 1 fully saturated rings. The second-order valence-corrected chi connectivity index (χ2v) is 4.89. The Morgan fingerprint density at radius 2 is 2.05 bits per heavy atom. The summed E-state index contributed by atoms with van der Waals surface area (Å²) < 4.78 is 26.2. The number of nitrogens with zero attached hydrogens (tertiary/aromatic N) is 1. The predicted molar refractivity (Wildman–Crippen MR) is 63.7 cm³/mol. The Morgan fingerprint density at radius 3 is 2.79 bits per heavy atom. The lowest BCUT2D eigenvalue weighted by atomic mass is 9.96. The van der Waals surface area contributed by atoms with Gasteiger partial charge < -0.3 is 10.1 Å². The average Bonchev–Trinajstić information content (AvgIpc) is 2.95. The van der Waals surface area contributed by atoms with Gasteiger partial charge in [0.2, 0.25) is 0 Å². The first-order valence-corrected chi connectivity index (χ1v) is 6.13. The van der Waals surface area contributed by atoms with Gasteiger partial charge in [0.05, 0.1) is 17.0 Å². The number of H-pyrrole nitrogens is 1. The van der Waals surface area contributed by atoms with E-state index in [9.17, 15) is 13.6 Å². The quantitative estimate of drug-likeness (QED) is 0.878. The predicted octanol–water partition coefficient (Wildman–Crippen LogP) is 2.81. The lowest BCUT2D eigenvalue weighted by Gasteiger charge is -2.12. The van der Waals surface area contributed by atoms with Crippen LogP contribution in [0.1, 0.15) is 31.0 Å². The first-order valence-electron chi connectivity index (χ1n) is 6.13. The number of carboxylic acids is 1. The Hall–Kier alpha value is -1.98. The standard InChI is InChI=1S/C13H12F2N2O2/c14-8-4-10-11(5-9(8)15)17-12(16-10)6-2-1-3-7(6)13(18)19/h4-7H,1-3H2,(H,16,17)(H,18,19). The fraction of sp³-hybridized carbons (Fsp3) is 0.385. The molecule has 0 bridgehead atoms. The summed E-state index contributed by atoms with van der Waals surface area (Å²) in [5.41, 5.74) is 0.717. The number of nitrogens with one attached hydrogen (secondary N) is 1. The molecule has 2 aromatic rings. The number of hydrogen-bond donors (Lipinski definition) is 2. The highest BCUT2D eigenvalue weighted by atomic mass is 19.2. The zero-order chi connectivity index (χ0) is 13.6. The molecule has 0 spiro atoms. The molecule has 19 heavy (non-hydrogen) atoms. The summed E-state index contributed by atoms with van der Waals surface area (Å²) >= 11 is 0. The zero-order valence-electron chi connectivity index (χ0n) is 9.99. The molecule has 3 rings (SSSR count). The number of aromatic nitrogens is 2. The summed E-state index contributed by atoms with van der Waals surface area (Å²) in [6, 6.07) is 2.07. The highest BCUT2D eigenvalue weighted by Crippen LogP contribution is 2.39. The second-order valence-electron chi connectivity index (χ2n) is 4.89. The number of carboxylic acid groups (broad SMARTS) is 1. The molecule has 1 aliphatic rings. The third-order valence-corrected chi connectivity index (χ3v) is 3.73. The van der Waals surface area contributed by atoms with E-state index in [0.29, 0.717) is 23.3 Å². The van der Waals surface area contributed by atoms with Gasteiger partial charge in [0, 0.05) is 18.1 Å². The number of fused-ring (bicyclic) bond motifs is 1. The lowest BCUT2D eigenvalue weighted by molar-refractivity contribution is -0.142. The minimum absolute atomic E-state index is 0.212. The Morgan fingerprint density at radius 1 is 1.32 bits per heavy atom. The van der Waals surface area contributed by atoms with Crippen molar-refractivity contribution in [1.82, 2.24) is 9.97 Å². The molecule has 1 aromatic carbocycles. The highest BCUT2D eigenvalue weighted by Gasteiger charge is 2.35. The van der Waals surface area contributed by atoms with E-state index in [1.165, 1.54) is 0 Å². The Kier molecular flexibility index (Phi) is 2.73. The van der Waals surface area contributed by atoms with Crippen molar-refractivity contribution in [3.8, 4) is 0 Å². The molecule has 0 amide bonds. The van der Waals surface area contributed by atoms with Crippen LogP contribution in [0.25, 0.3) is 11.0 Å². The number of carbonyl (C=O) groups is 1. The monoisotopic (exact) mass is 266 g/mol. The van der Waals surface area contributed by atoms with Crippen LogP contribution in [0, 0.1) is 17.6 Å². The van der Waals surface area contributed by atoms with Gasteiger partial charge in [-0.15, -0.1) is 0 Å². The third kappa shape index (κ3) is 1.97. The van der Waals surface area contributed by atoms with Crippen LogP contribution in [0.15, 0.2) is 12.1 Å². The Bertz CT molecular complexity index is 614. The van der Waals surface area contributed by atoms with Gasteiger partial charge >= 0.3 is 5.97 Å². The van der Waals surface area contributed by atoms with Crippen molar-refractivity contribution in [1.29, 1.82) is 0 Å². The van der Waals surface area contributed by atoms with Crippen molar-refractivity contribution in [3.63, 3.8) is 0 Å². The number of hydrogen-bond acceptors (Lipinski definition) is 2. The molecule has 4 nitrogen and oxygen atoms in total. The van der Waals surface area contributed by atoms with Crippen LogP contribution in [0.4, 0.5) is 8.78 Å². The maximum atomic E-state index is 13.1. The number of rotatable bonds is 2. The summed E-state index contributed by atoms with van der Waals surface area (Å²) in [5, 5.41) is 9.15. The number of halogens is 2. The van der Waals surface area contributed by atoms with Gasteiger partial charge in [-0.05, 0) is 12.8 Å². The Balaban J connectivity index is 2.03. The summed E-state index contributed by atoms with van der Waals surface area (Å²) in [7, 11) is 0. The van der Waals surface area contributed by atoms with E-state index in [4.69, 9.17) is 5.11 Å². The maximum absolute atomic E-state index is 13.1. The normalized spacial score (nSPS) is 23.1. The number of aliphatic carboxylic acids is 1. The van der Waals surface area contributed by atoms with Crippen molar-refractivity contribution in [2.24, 2.45) is 5.92 Å². The molecule has 2 unspecified atom stereocenters. The van der Waals surface area contributed by atoms with Crippen LogP contribution in [-0.2, 0) is 4.79 Å². The molecule has 0 aliphatic heterocycles. The summed E-state index contributed by atoms with van der Waals surface area (Å²) in [6.45, 7) is 0. The smallest absolute Gasteiger partial charge is 0.307 e. The molecule has 1 heterocycles. The highest BCUT2D eigenvalue weighted by molar-refractivity contribution is 5.76. The maximum Gasteiger partial charge on any atom is 0.307 e. The summed E-state index contributed by atoms with van der Waals surface area (Å²) in [5.74, 6) is -2.92. The van der Waals surface area contributed by atoms with Gasteiger partial charge in [-0.3, -0.25) is 4.79 Å². The molecule has 6 heteroatoms. The lowest BCUT2D eigenvalue weighted by Crippen LogP contribution is -2.17. The van der Waals surface area contributed by atoms with Gasteiger partial charge in [-0.25, -0.2) is 13.8 Å². The van der Waals surface area contributed by atoms with Crippen LogP contribution in [0.3, 0.4) is 0 Å². The van der Waals surface area contributed by atoms with Gasteiger partial charge in [0.15, 0.2) is 11.6 Å². The van der Waals surface area contributed by atoms with Gasteiger partial charge in [0.25, 0.3) is 0 Å². The molecule has 1 aromatic heterocycles. The Labute approximate surface area is 107 Å². The van der Waals surface area contributed by atoms with Crippen LogP contribution in [-0.4, -0.2) is 21.0 Å². The van der Waals surface area contributed by atoms with Crippen molar-refractivity contribution < 1.29 is 18.7 Å². The first-order chi connectivity index (χ1) is 9.06. The van der Waals surface area contributed by atoms with Crippen LogP contribution in [0.2, 0.25) is 0 Å². The van der Waals surface area contributed by atoms with E-state index in [1.54, 1.807) is 0 Å². The molecule has 1 aliphatic carbocycles. The van der Waals surface area contributed by atoms with Crippen molar-refractivity contribution >= 4 is 17.0 Å². The molecule has 0 radical (unpaired) electrons.